The molecule has 0 heterocycles. The van der Waals surface area contributed by atoms with Gasteiger partial charge in [0.25, 0.3) is 0 Å². The number of ether oxygens (including phenoxy) is 1. The Bertz CT molecular complexity index is 407. The lowest BCUT2D eigenvalue weighted by atomic mass is 9.85. The third-order valence-electron chi connectivity index (χ3n) is 3.66. The van der Waals surface area contributed by atoms with Crippen LogP contribution in [0.15, 0.2) is 18.2 Å². The maximum atomic E-state index is 6.02. The van der Waals surface area contributed by atoms with Gasteiger partial charge >= 0.3 is 0 Å². The molecule has 1 aromatic carbocycles. The first kappa shape index (κ1) is 18.0. The number of aryl methyl sites for hydroxylation is 1. The molecule has 0 aliphatic heterocycles. The van der Waals surface area contributed by atoms with Crippen LogP contribution < -0.4 is 10.1 Å². The number of hydrogen-bond donors (Lipinski definition) is 1. The first-order valence-corrected chi connectivity index (χ1v) is 8.40. The van der Waals surface area contributed by atoms with Crippen LogP contribution in [0.3, 0.4) is 0 Å². The second-order valence-corrected chi connectivity index (χ2v) is 6.91. The molecule has 0 saturated carbocycles. The molecule has 0 aliphatic rings. The van der Waals surface area contributed by atoms with Gasteiger partial charge in [-0.05, 0) is 56.3 Å². The number of hydrogen-bond acceptors (Lipinski definition) is 2. The fraction of sp³-hybridized carbons (Fsp3) is 0.684. The van der Waals surface area contributed by atoms with Gasteiger partial charge in [-0.25, -0.2) is 0 Å². The monoisotopic (exact) mass is 291 g/mol. The molecule has 1 rings (SSSR count). The highest BCUT2D eigenvalue weighted by Gasteiger charge is 2.18. The van der Waals surface area contributed by atoms with E-state index in [1.165, 1.54) is 30.4 Å². The van der Waals surface area contributed by atoms with Crippen LogP contribution in [0.4, 0.5) is 0 Å². The lowest BCUT2D eigenvalue weighted by molar-refractivity contribution is 0.298. The van der Waals surface area contributed by atoms with E-state index in [1.807, 2.05) is 0 Å². The van der Waals surface area contributed by atoms with Crippen LogP contribution in [-0.2, 0) is 5.41 Å². The normalized spacial score (nSPS) is 11.7. The van der Waals surface area contributed by atoms with Crippen molar-refractivity contribution in [2.24, 2.45) is 0 Å². The van der Waals surface area contributed by atoms with Crippen molar-refractivity contribution in [2.75, 3.05) is 19.7 Å². The quantitative estimate of drug-likeness (QED) is 0.657. The molecular weight excluding hydrogens is 258 g/mol. The van der Waals surface area contributed by atoms with Crippen molar-refractivity contribution < 1.29 is 4.74 Å². The van der Waals surface area contributed by atoms with Gasteiger partial charge in [0.05, 0.1) is 6.61 Å². The second-order valence-electron chi connectivity index (χ2n) is 6.91. The molecule has 21 heavy (non-hydrogen) atoms. The fourth-order valence-corrected chi connectivity index (χ4v) is 2.32. The lowest BCUT2D eigenvalue weighted by Crippen LogP contribution is -2.17. The Morgan fingerprint density at radius 2 is 1.76 bits per heavy atom. The Hall–Kier alpha value is -1.02. The summed E-state index contributed by atoms with van der Waals surface area (Å²) in [5.74, 6) is 1.05. The predicted molar refractivity (Wildman–Crippen MR) is 92.4 cm³/mol. The molecule has 0 fully saturated rings. The smallest absolute Gasteiger partial charge is 0.123 e. The summed E-state index contributed by atoms with van der Waals surface area (Å²) in [7, 11) is 0. The number of unbranched alkanes of at least 4 members (excludes halogenated alkanes) is 2. The van der Waals surface area contributed by atoms with Crippen LogP contribution in [0.25, 0.3) is 0 Å². The van der Waals surface area contributed by atoms with E-state index in [9.17, 15) is 0 Å². The zero-order chi connectivity index (χ0) is 15.7. The number of rotatable bonds is 9. The van der Waals surface area contributed by atoms with Crippen LogP contribution in [0.2, 0.25) is 0 Å². The van der Waals surface area contributed by atoms with E-state index < -0.39 is 0 Å². The van der Waals surface area contributed by atoms with Crippen molar-refractivity contribution in [3.63, 3.8) is 0 Å². The Morgan fingerprint density at radius 3 is 2.43 bits per heavy atom. The molecule has 0 amide bonds. The highest BCUT2D eigenvalue weighted by atomic mass is 16.5. The largest absolute Gasteiger partial charge is 0.493 e. The number of nitrogens with one attached hydrogen (secondary N) is 1. The van der Waals surface area contributed by atoms with Crippen molar-refractivity contribution >= 4 is 0 Å². The van der Waals surface area contributed by atoms with Gasteiger partial charge < -0.3 is 10.1 Å². The topological polar surface area (TPSA) is 21.3 Å². The molecule has 0 saturated heterocycles. The van der Waals surface area contributed by atoms with E-state index >= 15 is 0 Å². The lowest BCUT2D eigenvalue weighted by Gasteiger charge is -2.23. The SMILES string of the molecule is CCCCNCCCCOc1ccc(C)cc1C(C)(C)C. The highest BCUT2D eigenvalue weighted by Crippen LogP contribution is 2.32. The third kappa shape index (κ3) is 6.99. The molecule has 0 atom stereocenters. The first-order valence-electron chi connectivity index (χ1n) is 8.40. The molecule has 0 aliphatic carbocycles. The third-order valence-corrected chi connectivity index (χ3v) is 3.66. The molecule has 120 valence electrons. The Kier molecular flexibility index (Phi) is 7.81. The minimum Gasteiger partial charge on any atom is -0.493 e. The summed E-state index contributed by atoms with van der Waals surface area (Å²) in [6.45, 7) is 14.1. The van der Waals surface area contributed by atoms with Gasteiger partial charge in [-0.1, -0.05) is 51.8 Å². The maximum absolute atomic E-state index is 6.02. The van der Waals surface area contributed by atoms with Gasteiger partial charge in [0.15, 0.2) is 0 Å². The van der Waals surface area contributed by atoms with Crippen LogP contribution in [0.1, 0.15) is 64.5 Å². The molecule has 0 unspecified atom stereocenters. The Morgan fingerprint density at radius 1 is 1.05 bits per heavy atom. The van der Waals surface area contributed by atoms with Crippen molar-refractivity contribution in [3.8, 4) is 5.75 Å². The van der Waals surface area contributed by atoms with Crippen LogP contribution in [0.5, 0.6) is 5.75 Å². The molecule has 2 heteroatoms. The van der Waals surface area contributed by atoms with E-state index in [4.69, 9.17) is 4.74 Å². The minimum absolute atomic E-state index is 0.128. The van der Waals surface area contributed by atoms with E-state index in [0.717, 1.165) is 31.9 Å². The van der Waals surface area contributed by atoms with E-state index in [0.29, 0.717) is 0 Å². The summed E-state index contributed by atoms with van der Waals surface area (Å²) < 4.78 is 6.02. The zero-order valence-electron chi connectivity index (χ0n) is 14.6. The molecule has 0 spiro atoms. The van der Waals surface area contributed by atoms with Crippen LogP contribution >= 0.6 is 0 Å². The van der Waals surface area contributed by atoms with Crippen molar-refractivity contribution in [3.05, 3.63) is 29.3 Å². The molecule has 1 N–H and O–H groups in total. The fourth-order valence-electron chi connectivity index (χ4n) is 2.32. The van der Waals surface area contributed by atoms with Gasteiger partial charge in [-0.2, -0.15) is 0 Å². The minimum atomic E-state index is 0.128. The standard InChI is InChI=1S/C19H33NO/c1-6-7-12-20-13-8-9-14-21-18-11-10-16(2)15-17(18)19(3,4)5/h10-11,15,20H,6-9,12-14H2,1-5H3. The van der Waals surface area contributed by atoms with Gasteiger partial charge in [0.1, 0.15) is 5.75 Å². The van der Waals surface area contributed by atoms with Crippen LogP contribution in [-0.4, -0.2) is 19.7 Å². The Labute approximate surface area is 131 Å². The summed E-state index contributed by atoms with van der Waals surface area (Å²) in [5.41, 5.74) is 2.74. The molecule has 1 aromatic rings. The van der Waals surface area contributed by atoms with Gasteiger partial charge in [0, 0.05) is 0 Å². The molecular formula is C19H33NO. The summed E-state index contributed by atoms with van der Waals surface area (Å²) in [4.78, 5) is 0. The predicted octanol–water partition coefficient (Wildman–Crippen LogP) is 4.84. The van der Waals surface area contributed by atoms with Crippen molar-refractivity contribution in [1.82, 2.24) is 5.32 Å². The molecule has 0 bridgehead atoms. The molecule has 0 aromatic heterocycles. The first-order chi connectivity index (χ1) is 9.95. The van der Waals surface area contributed by atoms with E-state index in [2.05, 4.69) is 58.1 Å². The summed E-state index contributed by atoms with van der Waals surface area (Å²) in [6, 6.07) is 6.51. The Balaban J connectivity index is 2.35. The summed E-state index contributed by atoms with van der Waals surface area (Å²) in [6.07, 6.45) is 4.82. The molecule has 2 nitrogen and oxygen atoms in total. The summed E-state index contributed by atoms with van der Waals surface area (Å²) >= 11 is 0. The van der Waals surface area contributed by atoms with Gasteiger partial charge in [-0.15, -0.1) is 0 Å². The van der Waals surface area contributed by atoms with Crippen molar-refractivity contribution in [2.45, 2.75) is 65.7 Å². The average Bonchev–Trinajstić information content (AvgIpc) is 2.42. The van der Waals surface area contributed by atoms with Crippen LogP contribution in [0, 0.1) is 6.92 Å². The zero-order valence-corrected chi connectivity index (χ0v) is 14.6. The highest BCUT2D eigenvalue weighted by molar-refractivity contribution is 5.41. The van der Waals surface area contributed by atoms with Crippen molar-refractivity contribution in [1.29, 1.82) is 0 Å². The van der Waals surface area contributed by atoms with Gasteiger partial charge in [-0.3, -0.25) is 0 Å². The average molecular weight is 291 g/mol. The second kappa shape index (κ2) is 9.09. The van der Waals surface area contributed by atoms with E-state index in [-0.39, 0.29) is 5.41 Å². The summed E-state index contributed by atoms with van der Waals surface area (Å²) in [5, 5.41) is 3.47. The van der Waals surface area contributed by atoms with Gasteiger partial charge in [0.2, 0.25) is 0 Å². The maximum Gasteiger partial charge on any atom is 0.123 e. The molecule has 0 radical (unpaired) electrons. The van der Waals surface area contributed by atoms with E-state index in [1.54, 1.807) is 0 Å². The number of benzene rings is 1.